The molecule has 0 bridgehead atoms. The summed E-state index contributed by atoms with van der Waals surface area (Å²) in [6.07, 6.45) is 1.90. The van der Waals surface area contributed by atoms with Crippen molar-refractivity contribution in [3.8, 4) is 0 Å². The van der Waals surface area contributed by atoms with Crippen LogP contribution >= 0.6 is 0 Å². The van der Waals surface area contributed by atoms with Gasteiger partial charge in [0.1, 0.15) is 5.76 Å². The van der Waals surface area contributed by atoms with Crippen LogP contribution in [0.25, 0.3) is 0 Å². The van der Waals surface area contributed by atoms with Crippen LogP contribution in [0.1, 0.15) is 24.2 Å². The number of nitrogens with one attached hydrogen (secondary N) is 1. The first kappa shape index (κ1) is 12.5. The molecule has 0 unspecified atom stereocenters. The third-order valence-corrected chi connectivity index (χ3v) is 2.76. The van der Waals surface area contributed by atoms with Gasteiger partial charge < -0.3 is 9.73 Å². The topological polar surface area (TPSA) is 28.4 Å². The lowest BCUT2D eigenvalue weighted by Crippen LogP contribution is -2.23. The highest BCUT2D eigenvalue weighted by atomic mass is 19.3. The molecule has 1 aliphatic rings. The summed E-state index contributed by atoms with van der Waals surface area (Å²) in [7, 11) is 1.66. The molecule has 1 heterocycles. The molecule has 0 radical (unpaired) electrons. The minimum Gasteiger partial charge on any atom is -0.468 e. The summed E-state index contributed by atoms with van der Waals surface area (Å²) in [6, 6.07) is 2.59. The van der Waals surface area contributed by atoms with Crippen LogP contribution in [0.15, 0.2) is 16.7 Å². The number of alkyl halides is 2. The molecule has 0 aliphatic heterocycles. The van der Waals surface area contributed by atoms with Crippen LogP contribution in [-0.2, 0) is 13.1 Å². The fourth-order valence-corrected chi connectivity index (χ4v) is 1.72. The van der Waals surface area contributed by atoms with Gasteiger partial charge in [0.25, 0.3) is 6.43 Å². The van der Waals surface area contributed by atoms with E-state index in [0.29, 0.717) is 12.6 Å². The van der Waals surface area contributed by atoms with Gasteiger partial charge in [-0.1, -0.05) is 0 Å². The molecule has 1 fully saturated rings. The van der Waals surface area contributed by atoms with Crippen LogP contribution in [0.4, 0.5) is 8.78 Å². The average Bonchev–Trinajstić information content (AvgIpc) is 2.96. The molecule has 0 saturated heterocycles. The second kappa shape index (κ2) is 5.60. The van der Waals surface area contributed by atoms with Crippen molar-refractivity contribution in [2.75, 3.05) is 13.6 Å². The Hall–Kier alpha value is -0.940. The number of rotatable bonds is 7. The van der Waals surface area contributed by atoms with Crippen LogP contribution < -0.4 is 5.32 Å². The third-order valence-electron chi connectivity index (χ3n) is 2.76. The van der Waals surface area contributed by atoms with E-state index in [1.807, 2.05) is 6.07 Å². The second-order valence-corrected chi connectivity index (χ2v) is 4.66. The zero-order valence-corrected chi connectivity index (χ0v) is 9.96. The minimum absolute atomic E-state index is 0.226. The van der Waals surface area contributed by atoms with E-state index in [-0.39, 0.29) is 6.54 Å². The molecule has 17 heavy (non-hydrogen) atoms. The predicted molar refractivity (Wildman–Crippen MR) is 60.9 cm³/mol. The van der Waals surface area contributed by atoms with Gasteiger partial charge in [-0.15, -0.1) is 0 Å². The van der Waals surface area contributed by atoms with E-state index in [1.165, 1.54) is 12.8 Å². The Morgan fingerprint density at radius 2 is 2.29 bits per heavy atom. The van der Waals surface area contributed by atoms with Crippen molar-refractivity contribution in [1.82, 2.24) is 10.2 Å². The Labute approximate surface area is 99.8 Å². The highest BCUT2D eigenvalue weighted by molar-refractivity contribution is 5.13. The summed E-state index contributed by atoms with van der Waals surface area (Å²) in [5.74, 6) is 0.737. The maximum atomic E-state index is 12.1. The molecule has 1 N–H and O–H groups in total. The van der Waals surface area contributed by atoms with Gasteiger partial charge in [0, 0.05) is 18.2 Å². The van der Waals surface area contributed by atoms with Gasteiger partial charge in [-0.05, 0) is 26.0 Å². The molecule has 0 atom stereocenters. The number of hydrogen-bond acceptors (Lipinski definition) is 3. The maximum Gasteiger partial charge on any atom is 0.251 e. The van der Waals surface area contributed by atoms with Gasteiger partial charge in [0.05, 0.1) is 19.4 Å². The van der Waals surface area contributed by atoms with Crippen molar-refractivity contribution in [2.24, 2.45) is 0 Å². The average molecular weight is 244 g/mol. The standard InChI is InChI=1S/C12H18F2N2O/c1-16(7-12(13)14)6-11-4-9(8-17-11)5-15-10-2-3-10/h4,8,10,12,15H,2-3,5-7H2,1H3. The SMILES string of the molecule is CN(Cc1cc(CNC2CC2)co1)CC(F)F. The quantitative estimate of drug-likeness (QED) is 0.797. The molecule has 1 saturated carbocycles. The zero-order chi connectivity index (χ0) is 12.3. The molecule has 2 rings (SSSR count). The van der Waals surface area contributed by atoms with Gasteiger partial charge in [-0.25, -0.2) is 8.78 Å². The second-order valence-electron chi connectivity index (χ2n) is 4.66. The lowest BCUT2D eigenvalue weighted by atomic mass is 10.3. The Morgan fingerprint density at radius 1 is 1.53 bits per heavy atom. The van der Waals surface area contributed by atoms with Crippen molar-refractivity contribution in [3.63, 3.8) is 0 Å². The molecule has 5 heteroatoms. The van der Waals surface area contributed by atoms with Crippen LogP contribution in [0, 0.1) is 0 Å². The van der Waals surface area contributed by atoms with Crippen molar-refractivity contribution in [2.45, 2.75) is 38.4 Å². The van der Waals surface area contributed by atoms with E-state index < -0.39 is 6.43 Å². The molecule has 0 spiro atoms. The van der Waals surface area contributed by atoms with Crippen LogP contribution in [0.3, 0.4) is 0 Å². The van der Waals surface area contributed by atoms with Gasteiger partial charge in [0.2, 0.25) is 0 Å². The molecule has 3 nitrogen and oxygen atoms in total. The Morgan fingerprint density at radius 3 is 2.94 bits per heavy atom. The summed E-state index contributed by atoms with van der Waals surface area (Å²) >= 11 is 0. The van der Waals surface area contributed by atoms with Crippen LogP contribution in [0.2, 0.25) is 0 Å². The number of furan rings is 1. The zero-order valence-electron chi connectivity index (χ0n) is 9.96. The number of nitrogens with zero attached hydrogens (tertiary/aromatic N) is 1. The Bertz CT molecular complexity index is 350. The smallest absolute Gasteiger partial charge is 0.251 e. The number of hydrogen-bond donors (Lipinski definition) is 1. The van der Waals surface area contributed by atoms with Gasteiger partial charge in [-0.2, -0.15) is 0 Å². The fraction of sp³-hybridized carbons (Fsp3) is 0.667. The van der Waals surface area contributed by atoms with E-state index in [1.54, 1.807) is 18.2 Å². The molecular formula is C12H18F2N2O. The molecule has 0 amide bonds. The molecule has 96 valence electrons. The summed E-state index contributed by atoms with van der Waals surface area (Å²) < 4.78 is 29.6. The van der Waals surface area contributed by atoms with Gasteiger partial charge >= 0.3 is 0 Å². The monoisotopic (exact) mass is 244 g/mol. The fourth-order valence-electron chi connectivity index (χ4n) is 1.72. The van der Waals surface area contributed by atoms with Gasteiger partial charge in [0.15, 0.2) is 0 Å². The highest BCUT2D eigenvalue weighted by Gasteiger charge is 2.20. The summed E-state index contributed by atoms with van der Waals surface area (Å²) in [4.78, 5) is 1.56. The first-order valence-corrected chi connectivity index (χ1v) is 5.90. The first-order chi connectivity index (χ1) is 8.13. The van der Waals surface area contributed by atoms with E-state index in [2.05, 4.69) is 5.32 Å². The normalized spacial score (nSPS) is 16.1. The van der Waals surface area contributed by atoms with Crippen LogP contribution in [0.5, 0.6) is 0 Å². The largest absolute Gasteiger partial charge is 0.468 e. The van der Waals surface area contributed by atoms with Crippen molar-refractivity contribution in [3.05, 3.63) is 23.7 Å². The summed E-state index contributed by atoms with van der Waals surface area (Å²) in [5, 5.41) is 3.38. The number of halogens is 2. The minimum atomic E-state index is -2.30. The lowest BCUT2D eigenvalue weighted by molar-refractivity contribution is 0.0946. The molecule has 1 aliphatic carbocycles. The van der Waals surface area contributed by atoms with E-state index in [4.69, 9.17) is 4.42 Å². The first-order valence-electron chi connectivity index (χ1n) is 5.90. The van der Waals surface area contributed by atoms with E-state index >= 15 is 0 Å². The molecular weight excluding hydrogens is 226 g/mol. The Kier molecular flexibility index (Phi) is 4.12. The summed E-state index contributed by atoms with van der Waals surface area (Å²) in [5.41, 5.74) is 1.08. The van der Waals surface area contributed by atoms with Crippen LogP contribution in [-0.4, -0.2) is 31.0 Å². The van der Waals surface area contributed by atoms with E-state index in [9.17, 15) is 8.78 Å². The van der Waals surface area contributed by atoms with Gasteiger partial charge in [-0.3, -0.25) is 4.90 Å². The van der Waals surface area contributed by atoms with Crippen molar-refractivity contribution < 1.29 is 13.2 Å². The lowest BCUT2D eigenvalue weighted by Gasteiger charge is -2.13. The Balaban J connectivity index is 1.76. The molecule has 1 aromatic heterocycles. The third kappa shape index (κ3) is 4.44. The highest BCUT2D eigenvalue weighted by Crippen LogP contribution is 2.19. The maximum absolute atomic E-state index is 12.1. The predicted octanol–water partition coefficient (Wildman–Crippen LogP) is 2.23. The summed E-state index contributed by atoms with van der Waals surface area (Å²) in [6.45, 7) is 0.997. The van der Waals surface area contributed by atoms with Crippen molar-refractivity contribution >= 4 is 0 Å². The molecule has 1 aromatic rings. The van der Waals surface area contributed by atoms with E-state index in [0.717, 1.165) is 17.9 Å². The molecule has 0 aromatic carbocycles. The van der Waals surface area contributed by atoms with Crippen molar-refractivity contribution in [1.29, 1.82) is 0 Å².